The Morgan fingerprint density at radius 2 is 2.06 bits per heavy atom. The fourth-order valence-electron chi connectivity index (χ4n) is 1.90. The van der Waals surface area contributed by atoms with Crippen LogP contribution in [0.5, 0.6) is 0 Å². The van der Waals surface area contributed by atoms with Crippen LogP contribution in [0.15, 0.2) is 12.1 Å². The number of imidazole rings is 1. The molecular weight excluding hydrogens is 242 g/mol. The van der Waals surface area contributed by atoms with E-state index in [4.69, 9.17) is 5.11 Å². The molecule has 2 aromatic rings. The smallest absolute Gasteiger partial charge is 0.305 e. The highest BCUT2D eigenvalue weighted by molar-refractivity contribution is 5.76. The largest absolute Gasteiger partial charge is 0.481 e. The minimum Gasteiger partial charge on any atom is -0.481 e. The summed E-state index contributed by atoms with van der Waals surface area (Å²) < 4.78 is 27.9. The van der Waals surface area contributed by atoms with Crippen molar-refractivity contribution >= 4 is 17.0 Å². The van der Waals surface area contributed by atoms with Gasteiger partial charge in [-0.15, -0.1) is 0 Å². The summed E-state index contributed by atoms with van der Waals surface area (Å²) in [6.07, 6.45) is 0.481. The number of aryl methyl sites for hydroxylation is 2. The summed E-state index contributed by atoms with van der Waals surface area (Å²) in [5.41, 5.74) is 0.767. The van der Waals surface area contributed by atoms with E-state index in [0.29, 0.717) is 23.3 Å². The molecule has 0 aliphatic carbocycles. The van der Waals surface area contributed by atoms with Crippen LogP contribution in [0.1, 0.15) is 19.2 Å². The van der Waals surface area contributed by atoms with E-state index in [2.05, 4.69) is 4.98 Å². The number of aromatic nitrogens is 2. The number of hydrogen-bond donors (Lipinski definition) is 1. The Hall–Kier alpha value is -1.98. The van der Waals surface area contributed by atoms with Crippen LogP contribution in [0, 0.1) is 11.6 Å². The highest BCUT2D eigenvalue weighted by Gasteiger charge is 2.13. The number of halogens is 2. The van der Waals surface area contributed by atoms with Crippen molar-refractivity contribution in [2.24, 2.45) is 0 Å². The number of aliphatic carboxylic acids is 1. The van der Waals surface area contributed by atoms with Gasteiger partial charge in [0.25, 0.3) is 0 Å². The zero-order valence-corrected chi connectivity index (χ0v) is 9.78. The maximum absolute atomic E-state index is 13.2. The molecule has 1 aromatic heterocycles. The number of carbonyl (C=O) groups is 1. The maximum atomic E-state index is 13.2. The molecule has 0 fully saturated rings. The first kappa shape index (κ1) is 12.5. The van der Waals surface area contributed by atoms with Crippen LogP contribution >= 0.6 is 0 Å². The normalized spacial score (nSPS) is 11.1. The monoisotopic (exact) mass is 254 g/mol. The topological polar surface area (TPSA) is 55.1 Å². The molecule has 1 N–H and O–H groups in total. The summed E-state index contributed by atoms with van der Waals surface area (Å²) in [6, 6.07) is 2.08. The minimum atomic E-state index is -0.957. The van der Waals surface area contributed by atoms with Gasteiger partial charge in [0.2, 0.25) is 0 Å². The molecule has 0 atom stereocenters. The third-order valence-corrected chi connectivity index (χ3v) is 2.73. The fourth-order valence-corrected chi connectivity index (χ4v) is 1.90. The first-order chi connectivity index (χ1) is 8.52. The number of fused-ring (bicyclic) bond motifs is 1. The van der Waals surface area contributed by atoms with E-state index in [0.717, 1.165) is 12.1 Å². The lowest BCUT2D eigenvalue weighted by Crippen LogP contribution is -2.07. The number of carboxylic acids is 1. The van der Waals surface area contributed by atoms with Gasteiger partial charge in [-0.2, -0.15) is 0 Å². The molecule has 0 saturated heterocycles. The van der Waals surface area contributed by atoms with Crippen molar-refractivity contribution < 1.29 is 18.7 Å². The van der Waals surface area contributed by atoms with E-state index in [9.17, 15) is 13.6 Å². The minimum absolute atomic E-state index is 0.0859. The molecule has 1 aromatic carbocycles. The Balaban J connectivity index is 2.53. The molecule has 0 saturated carbocycles. The van der Waals surface area contributed by atoms with Gasteiger partial charge in [0.1, 0.15) is 5.82 Å². The van der Waals surface area contributed by atoms with Crippen molar-refractivity contribution in [3.05, 3.63) is 29.6 Å². The number of benzene rings is 1. The summed E-state index contributed by atoms with van der Waals surface area (Å²) >= 11 is 0. The third-order valence-electron chi connectivity index (χ3n) is 2.73. The van der Waals surface area contributed by atoms with Gasteiger partial charge in [-0.25, -0.2) is 13.8 Å². The van der Waals surface area contributed by atoms with Crippen molar-refractivity contribution in [1.82, 2.24) is 9.55 Å². The van der Waals surface area contributed by atoms with Gasteiger partial charge in [-0.1, -0.05) is 6.92 Å². The van der Waals surface area contributed by atoms with Crippen molar-refractivity contribution in [2.75, 3.05) is 0 Å². The molecule has 6 heteroatoms. The molecule has 4 nitrogen and oxygen atoms in total. The Bertz CT molecular complexity index is 608. The van der Waals surface area contributed by atoms with Gasteiger partial charge >= 0.3 is 5.97 Å². The van der Waals surface area contributed by atoms with Gasteiger partial charge < -0.3 is 9.67 Å². The van der Waals surface area contributed by atoms with Crippen molar-refractivity contribution in [2.45, 2.75) is 26.3 Å². The van der Waals surface area contributed by atoms with Crippen molar-refractivity contribution in [3.8, 4) is 0 Å². The number of nitrogens with zero attached hydrogens (tertiary/aromatic N) is 2. The van der Waals surface area contributed by atoms with Crippen molar-refractivity contribution in [3.63, 3.8) is 0 Å². The van der Waals surface area contributed by atoms with E-state index in [1.165, 1.54) is 0 Å². The van der Waals surface area contributed by atoms with Gasteiger partial charge in [0.05, 0.1) is 17.5 Å². The summed E-state index contributed by atoms with van der Waals surface area (Å²) in [7, 11) is 0. The Labute approximate surface area is 102 Å². The molecule has 96 valence electrons. The van der Waals surface area contributed by atoms with Gasteiger partial charge in [0.15, 0.2) is 11.6 Å². The molecule has 2 rings (SSSR count). The predicted molar refractivity (Wildman–Crippen MR) is 61.3 cm³/mol. The standard InChI is InChI=1S/C12H12F2N2O2/c1-2-11-15-9-5-7(13)8(14)6-10(9)16(11)4-3-12(17)18/h5-6H,2-4H2,1H3,(H,17,18). The van der Waals surface area contributed by atoms with Gasteiger partial charge in [-0.05, 0) is 0 Å². The second-order valence-electron chi connectivity index (χ2n) is 3.93. The molecule has 0 amide bonds. The molecule has 0 spiro atoms. The van der Waals surface area contributed by atoms with E-state index in [1.54, 1.807) is 4.57 Å². The molecular formula is C12H12F2N2O2. The average molecular weight is 254 g/mol. The van der Waals surface area contributed by atoms with Crippen LogP contribution in [-0.4, -0.2) is 20.6 Å². The highest BCUT2D eigenvalue weighted by Crippen LogP contribution is 2.20. The molecule has 0 aliphatic heterocycles. The van der Waals surface area contributed by atoms with Crippen LogP contribution in [0.25, 0.3) is 11.0 Å². The zero-order chi connectivity index (χ0) is 13.3. The van der Waals surface area contributed by atoms with Crippen LogP contribution in [0.2, 0.25) is 0 Å². The lowest BCUT2D eigenvalue weighted by Gasteiger charge is -2.06. The lowest BCUT2D eigenvalue weighted by atomic mass is 10.3. The van der Waals surface area contributed by atoms with Crippen LogP contribution in [0.4, 0.5) is 8.78 Å². The molecule has 1 heterocycles. The Morgan fingerprint density at radius 3 is 2.67 bits per heavy atom. The SMILES string of the molecule is CCc1nc2cc(F)c(F)cc2n1CCC(=O)O. The molecule has 18 heavy (non-hydrogen) atoms. The average Bonchev–Trinajstić information content (AvgIpc) is 2.64. The second-order valence-corrected chi connectivity index (χ2v) is 3.93. The van der Waals surface area contributed by atoms with Gasteiger partial charge in [0, 0.05) is 25.1 Å². The van der Waals surface area contributed by atoms with Crippen LogP contribution in [0.3, 0.4) is 0 Å². The fraction of sp³-hybridized carbons (Fsp3) is 0.333. The van der Waals surface area contributed by atoms with E-state index < -0.39 is 17.6 Å². The zero-order valence-electron chi connectivity index (χ0n) is 9.78. The summed E-state index contributed by atoms with van der Waals surface area (Å²) in [5.74, 6) is -2.23. The van der Waals surface area contributed by atoms with Crippen LogP contribution in [-0.2, 0) is 17.8 Å². The quantitative estimate of drug-likeness (QED) is 0.911. The Morgan fingerprint density at radius 1 is 1.39 bits per heavy atom. The predicted octanol–water partition coefficient (Wildman–Crippen LogP) is 2.35. The van der Waals surface area contributed by atoms with Gasteiger partial charge in [-0.3, -0.25) is 4.79 Å². The molecule has 0 aliphatic rings. The maximum Gasteiger partial charge on any atom is 0.305 e. The molecule has 0 radical (unpaired) electrons. The molecule has 0 unspecified atom stereocenters. The highest BCUT2D eigenvalue weighted by atomic mass is 19.2. The summed E-state index contributed by atoms with van der Waals surface area (Å²) in [6.45, 7) is 2.05. The summed E-state index contributed by atoms with van der Waals surface area (Å²) in [5, 5.41) is 8.68. The number of carboxylic acid groups (broad SMARTS) is 1. The molecule has 0 bridgehead atoms. The number of hydrogen-bond acceptors (Lipinski definition) is 2. The van der Waals surface area contributed by atoms with E-state index in [-0.39, 0.29) is 13.0 Å². The van der Waals surface area contributed by atoms with Crippen molar-refractivity contribution in [1.29, 1.82) is 0 Å². The first-order valence-corrected chi connectivity index (χ1v) is 5.59. The van der Waals surface area contributed by atoms with E-state index in [1.807, 2.05) is 6.92 Å². The Kier molecular flexibility index (Phi) is 3.27. The van der Waals surface area contributed by atoms with E-state index >= 15 is 0 Å². The summed E-state index contributed by atoms with van der Waals surface area (Å²) in [4.78, 5) is 14.8. The lowest BCUT2D eigenvalue weighted by molar-refractivity contribution is -0.137. The van der Waals surface area contributed by atoms with Crippen LogP contribution < -0.4 is 0 Å². The third kappa shape index (κ3) is 2.18. The first-order valence-electron chi connectivity index (χ1n) is 5.59. The second kappa shape index (κ2) is 4.72. The number of rotatable bonds is 4.